The van der Waals surface area contributed by atoms with Crippen LogP contribution in [0.1, 0.15) is 13.3 Å². The molecule has 15 heavy (non-hydrogen) atoms. The zero-order chi connectivity index (χ0) is 11.3. The van der Waals surface area contributed by atoms with Gasteiger partial charge in [0.1, 0.15) is 6.61 Å². The van der Waals surface area contributed by atoms with Crippen molar-refractivity contribution in [1.82, 2.24) is 4.90 Å². The molecular weight excluding hydrogens is 194 g/mol. The van der Waals surface area contributed by atoms with Crippen molar-refractivity contribution in [2.45, 2.75) is 13.3 Å². The smallest absolute Gasteiger partial charge is 0.410 e. The van der Waals surface area contributed by atoms with E-state index in [2.05, 4.69) is 6.58 Å². The lowest BCUT2D eigenvalue weighted by atomic mass is 10.1. The Hall–Kier alpha value is -1.58. The molecule has 1 aliphatic heterocycles. The first-order chi connectivity index (χ1) is 7.15. The van der Waals surface area contributed by atoms with Gasteiger partial charge in [-0.05, 0) is 13.3 Å². The summed E-state index contributed by atoms with van der Waals surface area (Å²) in [5.74, 6) is 0.0104. The number of hydrogen-bond donors (Lipinski definition) is 0. The molecule has 0 saturated heterocycles. The van der Waals surface area contributed by atoms with Crippen molar-refractivity contribution in [2.24, 2.45) is 0 Å². The Morgan fingerprint density at radius 3 is 3.00 bits per heavy atom. The van der Waals surface area contributed by atoms with Gasteiger partial charge < -0.3 is 9.64 Å². The molecule has 4 nitrogen and oxygen atoms in total. The summed E-state index contributed by atoms with van der Waals surface area (Å²) >= 11 is 0. The molecule has 4 heteroatoms. The Bertz CT molecular complexity index is 307. The number of nitrogens with zero attached hydrogens (tertiary/aromatic N) is 1. The summed E-state index contributed by atoms with van der Waals surface area (Å²) < 4.78 is 4.89. The minimum atomic E-state index is -0.387. The minimum absolute atomic E-state index is 0.0104. The van der Waals surface area contributed by atoms with Gasteiger partial charge >= 0.3 is 6.09 Å². The van der Waals surface area contributed by atoms with Crippen molar-refractivity contribution < 1.29 is 14.3 Å². The van der Waals surface area contributed by atoms with Gasteiger partial charge in [0.2, 0.25) is 0 Å². The average Bonchev–Trinajstić information content (AvgIpc) is 2.26. The molecule has 0 aromatic heterocycles. The predicted octanol–water partition coefficient (Wildman–Crippen LogP) is 1.53. The molecule has 82 valence electrons. The van der Waals surface area contributed by atoms with E-state index < -0.39 is 0 Å². The van der Waals surface area contributed by atoms with Crippen molar-refractivity contribution in [3.05, 3.63) is 24.3 Å². The Morgan fingerprint density at radius 2 is 2.40 bits per heavy atom. The van der Waals surface area contributed by atoms with Crippen LogP contribution < -0.4 is 0 Å². The second-order valence-electron chi connectivity index (χ2n) is 3.36. The molecule has 0 unspecified atom stereocenters. The van der Waals surface area contributed by atoms with Crippen LogP contribution in [0.5, 0.6) is 0 Å². The molecule has 0 aromatic rings. The molecule has 0 spiro atoms. The molecule has 0 N–H and O–H groups in total. The van der Waals surface area contributed by atoms with E-state index in [1.54, 1.807) is 0 Å². The Labute approximate surface area is 89.2 Å². The van der Waals surface area contributed by atoms with Gasteiger partial charge in [0.15, 0.2) is 5.78 Å². The summed E-state index contributed by atoms with van der Waals surface area (Å²) in [4.78, 5) is 24.1. The van der Waals surface area contributed by atoms with Crippen LogP contribution in [0.15, 0.2) is 24.3 Å². The van der Waals surface area contributed by atoms with Crippen LogP contribution in [0.2, 0.25) is 0 Å². The molecule has 0 radical (unpaired) electrons. The van der Waals surface area contributed by atoms with Crippen molar-refractivity contribution in [2.75, 3.05) is 19.7 Å². The molecule has 1 amide bonds. The third-order valence-electron chi connectivity index (χ3n) is 2.19. The van der Waals surface area contributed by atoms with E-state index >= 15 is 0 Å². The normalized spacial score (nSPS) is 15.5. The van der Waals surface area contributed by atoms with Crippen molar-refractivity contribution in [1.29, 1.82) is 0 Å². The Morgan fingerprint density at radius 1 is 1.67 bits per heavy atom. The largest absolute Gasteiger partial charge is 0.445 e. The molecule has 0 aliphatic carbocycles. The van der Waals surface area contributed by atoms with Gasteiger partial charge in [-0.15, -0.1) is 0 Å². The third-order valence-corrected chi connectivity index (χ3v) is 2.19. The zero-order valence-corrected chi connectivity index (χ0v) is 8.86. The summed E-state index contributed by atoms with van der Waals surface area (Å²) in [5, 5.41) is 0. The summed E-state index contributed by atoms with van der Waals surface area (Å²) in [6.45, 7) is 6.12. The van der Waals surface area contributed by atoms with Crippen LogP contribution >= 0.6 is 0 Å². The van der Waals surface area contributed by atoms with E-state index in [1.807, 2.05) is 6.08 Å². The number of ketones is 1. The highest BCUT2D eigenvalue weighted by atomic mass is 16.6. The highest BCUT2D eigenvalue weighted by Gasteiger charge is 2.20. The van der Waals surface area contributed by atoms with E-state index in [0.717, 1.165) is 0 Å². The maximum atomic E-state index is 11.4. The number of Topliss-reactive ketones (excluding diaryl/α,β-unsaturated/α-hetero) is 1. The van der Waals surface area contributed by atoms with Gasteiger partial charge in [0, 0.05) is 12.1 Å². The molecule has 0 saturated carbocycles. The topological polar surface area (TPSA) is 46.6 Å². The molecular formula is C11H15NO3. The first-order valence-electron chi connectivity index (χ1n) is 4.87. The predicted molar refractivity (Wildman–Crippen MR) is 56.5 cm³/mol. The number of carbonyl (C=O) groups excluding carboxylic acids is 2. The monoisotopic (exact) mass is 209 g/mol. The van der Waals surface area contributed by atoms with Crippen LogP contribution in [-0.4, -0.2) is 36.5 Å². The molecule has 0 fully saturated rings. The van der Waals surface area contributed by atoms with E-state index in [1.165, 1.54) is 17.9 Å². The van der Waals surface area contributed by atoms with Gasteiger partial charge in [-0.2, -0.15) is 0 Å². The van der Waals surface area contributed by atoms with Gasteiger partial charge in [0.05, 0.1) is 6.54 Å². The fraction of sp³-hybridized carbons (Fsp3) is 0.455. The SMILES string of the molecule is C=CCOC(=O)N1CCC=C(C(C)=O)C1. The maximum Gasteiger partial charge on any atom is 0.410 e. The summed E-state index contributed by atoms with van der Waals surface area (Å²) in [6.07, 6.45) is 3.71. The molecule has 0 aromatic carbocycles. The van der Waals surface area contributed by atoms with Gasteiger partial charge in [-0.1, -0.05) is 18.7 Å². The van der Waals surface area contributed by atoms with E-state index in [9.17, 15) is 9.59 Å². The fourth-order valence-electron chi connectivity index (χ4n) is 1.38. The summed E-state index contributed by atoms with van der Waals surface area (Å²) in [5.41, 5.74) is 0.678. The third kappa shape index (κ3) is 3.23. The van der Waals surface area contributed by atoms with Crippen LogP contribution in [0, 0.1) is 0 Å². The van der Waals surface area contributed by atoms with Gasteiger partial charge in [-0.25, -0.2) is 4.79 Å². The van der Waals surface area contributed by atoms with Gasteiger partial charge in [-0.3, -0.25) is 4.79 Å². The minimum Gasteiger partial charge on any atom is -0.445 e. The van der Waals surface area contributed by atoms with E-state index in [0.29, 0.717) is 25.1 Å². The molecule has 0 atom stereocenters. The van der Waals surface area contributed by atoms with Crippen LogP contribution in [0.3, 0.4) is 0 Å². The molecule has 0 bridgehead atoms. The van der Waals surface area contributed by atoms with Crippen LogP contribution in [0.4, 0.5) is 4.79 Å². The lowest BCUT2D eigenvalue weighted by molar-refractivity contribution is -0.113. The fourth-order valence-corrected chi connectivity index (χ4v) is 1.38. The number of rotatable bonds is 3. The van der Waals surface area contributed by atoms with Crippen LogP contribution in [-0.2, 0) is 9.53 Å². The first kappa shape index (κ1) is 11.5. The number of hydrogen-bond acceptors (Lipinski definition) is 3. The average molecular weight is 209 g/mol. The quantitative estimate of drug-likeness (QED) is 0.662. The standard InChI is InChI=1S/C11H15NO3/c1-3-7-15-11(14)12-6-4-5-10(8-12)9(2)13/h3,5H,1,4,6-8H2,2H3. The second-order valence-corrected chi connectivity index (χ2v) is 3.36. The van der Waals surface area contributed by atoms with E-state index in [4.69, 9.17) is 4.74 Å². The summed E-state index contributed by atoms with van der Waals surface area (Å²) in [6, 6.07) is 0. The highest BCUT2D eigenvalue weighted by Crippen LogP contribution is 2.11. The number of ether oxygens (including phenoxy) is 1. The van der Waals surface area contributed by atoms with Crippen molar-refractivity contribution in [3.8, 4) is 0 Å². The van der Waals surface area contributed by atoms with Crippen molar-refractivity contribution in [3.63, 3.8) is 0 Å². The molecule has 1 aliphatic rings. The van der Waals surface area contributed by atoms with Gasteiger partial charge in [0.25, 0.3) is 0 Å². The molecule has 1 heterocycles. The number of amides is 1. The summed E-state index contributed by atoms with van der Waals surface area (Å²) in [7, 11) is 0. The zero-order valence-electron chi connectivity index (χ0n) is 8.86. The Kier molecular flexibility index (Phi) is 4.09. The van der Waals surface area contributed by atoms with Crippen LogP contribution in [0.25, 0.3) is 0 Å². The van der Waals surface area contributed by atoms with E-state index in [-0.39, 0.29) is 18.5 Å². The molecule has 1 rings (SSSR count). The number of carbonyl (C=O) groups is 2. The second kappa shape index (κ2) is 5.34. The lowest BCUT2D eigenvalue weighted by Crippen LogP contribution is -2.37. The maximum absolute atomic E-state index is 11.4. The first-order valence-corrected chi connectivity index (χ1v) is 4.87. The lowest BCUT2D eigenvalue weighted by Gasteiger charge is -2.25. The van der Waals surface area contributed by atoms with Crippen molar-refractivity contribution >= 4 is 11.9 Å². The highest BCUT2D eigenvalue weighted by molar-refractivity contribution is 5.94. The Balaban J connectivity index is 2.52.